The Hall–Kier alpha value is -1.81. The van der Waals surface area contributed by atoms with E-state index in [9.17, 15) is 4.79 Å². The molecule has 2 aromatic rings. The maximum atomic E-state index is 11.0. The summed E-state index contributed by atoms with van der Waals surface area (Å²) in [5, 5.41) is 18.9. The molecule has 0 saturated carbocycles. The molecule has 4 heteroatoms. The van der Waals surface area contributed by atoms with Crippen molar-refractivity contribution in [1.82, 2.24) is 4.57 Å². The molecule has 0 aliphatic heterocycles. The third-order valence-electron chi connectivity index (χ3n) is 3.68. The number of nitrogens with zero attached hydrogens (tertiary/aromatic N) is 1. The number of carbonyl (C=O) groups is 1. The Balaban J connectivity index is 2.47. The molecule has 0 radical (unpaired) electrons. The van der Waals surface area contributed by atoms with Crippen LogP contribution >= 0.6 is 0 Å². The van der Waals surface area contributed by atoms with Gasteiger partial charge >= 0.3 is 5.97 Å². The number of rotatable bonds is 5. The van der Waals surface area contributed by atoms with Crippen molar-refractivity contribution in [3.05, 3.63) is 35.0 Å². The van der Waals surface area contributed by atoms with Crippen molar-refractivity contribution in [2.75, 3.05) is 6.61 Å². The van der Waals surface area contributed by atoms with Gasteiger partial charge in [0.2, 0.25) is 0 Å². The van der Waals surface area contributed by atoms with Crippen molar-refractivity contribution in [3.63, 3.8) is 0 Å². The molecule has 0 fully saturated rings. The van der Waals surface area contributed by atoms with E-state index < -0.39 is 5.97 Å². The lowest BCUT2D eigenvalue weighted by molar-refractivity contribution is 0.0697. The molecule has 0 aliphatic rings. The number of unbranched alkanes of at least 4 members (excludes halogenated alkanes) is 1. The normalized spacial score (nSPS) is 11.1. The minimum Gasteiger partial charge on any atom is -0.478 e. The van der Waals surface area contributed by atoms with Gasteiger partial charge in [-0.15, -0.1) is 0 Å². The van der Waals surface area contributed by atoms with Crippen LogP contribution in [0.5, 0.6) is 0 Å². The first-order valence-corrected chi connectivity index (χ1v) is 6.50. The summed E-state index contributed by atoms with van der Waals surface area (Å²) in [6.45, 7) is 5.13. The molecule has 1 heterocycles. The number of hydrogen-bond acceptors (Lipinski definition) is 2. The molecule has 1 aromatic carbocycles. The molecular formula is C15H19NO3. The minimum atomic E-state index is -0.896. The van der Waals surface area contributed by atoms with Gasteiger partial charge < -0.3 is 14.8 Å². The summed E-state index contributed by atoms with van der Waals surface area (Å²) in [4.78, 5) is 11.0. The minimum absolute atomic E-state index is 0.209. The fourth-order valence-corrected chi connectivity index (χ4v) is 2.45. The second-order valence-corrected chi connectivity index (χ2v) is 4.83. The van der Waals surface area contributed by atoms with Crippen LogP contribution in [0.4, 0.5) is 0 Å². The molecule has 0 spiro atoms. The first-order chi connectivity index (χ1) is 9.06. The second kappa shape index (κ2) is 5.45. The van der Waals surface area contributed by atoms with Crippen LogP contribution in [0.3, 0.4) is 0 Å². The lowest BCUT2D eigenvalue weighted by Crippen LogP contribution is -2.01. The number of carboxylic acid groups (broad SMARTS) is 1. The number of benzene rings is 1. The van der Waals surface area contributed by atoms with Crippen molar-refractivity contribution >= 4 is 16.9 Å². The van der Waals surface area contributed by atoms with E-state index in [1.807, 2.05) is 13.0 Å². The third-order valence-corrected chi connectivity index (χ3v) is 3.68. The van der Waals surface area contributed by atoms with Gasteiger partial charge in [-0.3, -0.25) is 0 Å². The van der Waals surface area contributed by atoms with Crippen LogP contribution in [-0.2, 0) is 6.54 Å². The van der Waals surface area contributed by atoms with Gasteiger partial charge in [0, 0.05) is 29.7 Å². The molecule has 4 nitrogen and oxygen atoms in total. The van der Waals surface area contributed by atoms with E-state index in [2.05, 4.69) is 11.5 Å². The largest absolute Gasteiger partial charge is 0.478 e. The zero-order valence-electron chi connectivity index (χ0n) is 11.3. The van der Waals surface area contributed by atoms with Gasteiger partial charge in [-0.05, 0) is 50.5 Å². The van der Waals surface area contributed by atoms with E-state index in [1.165, 1.54) is 0 Å². The topological polar surface area (TPSA) is 62.5 Å². The molecule has 0 aliphatic carbocycles. The molecule has 102 valence electrons. The first kappa shape index (κ1) is 13.6. The fraction of sp³-hybridized carbons (Fsp3) is 0.400. The van der Waals surface area contributed by atoms with Crippen molar-refractivity contribution < 1.29 is 15.0 Å². The Morgan fingerprint density at radius 1 is 1.26 bits per heavy atom. The van der Waals surface area contributed by atoms with E-state index in [4.69, 9.17) is 10.2 Å². The number of aryl methyl sites for hydroxylation is 2. The zero-order valence-corrected chi connectivity index (χ0v) is 11.3. The quantitative estimate of drug-likeness (QED) is 0.813. The average Bonchev–Trinajstić information content (AvgIpc) is 2.63. The molecule has 0 amide bonds. The van der Waals surface area contributed by atoms with E-state index >= 15 is 0 Å². The SMILES string of the molecule is Cc1c(C)n(CCCCO)c2ccc(C(=O)O)cc12. The number of aromatic carboxylic acids is 1. The maximum Gasteiger partial charge on any atom is 0.335 e. The Labute approximate surface area is 112 Å². The summed E-state index contributed by atoms with van der Waals surface area (Å²) < 4.78 is 2.20. The number of aliphatic hydroxyl groups excluding tert-OH is 1. The van der Waals surface area contributed by atoms with E-state index in [0.717, 1.165) is 41.5 Å². The van der Waals surface area contributed by atoms with Crippen LogP contribution in [-0.4, -0.2) is 27.4 Å². The summed E-state index contributed by atoms with van der Waals surface area (Å²) in [6, 6.07) is 5.26. The summed E-state index contributed by atoms with van der Waals surface area (Å²) in [7, 11) is 0. The van der Waals surface area contributed by atoms with Crippen molar-refractivity contribution in [2.24, 2.45) is 0 Å². The number of fused-ring (bicyclic) bond motifs is 1. The Morgan fingerprint density at radius 3 is 2.63 bits per heavy atom. The predicted molar refractivity (Wildman–Crippen MR) is 74.7 cm³/mol. The summed E-state index contributed by atoms with van der Waals surface area (Å²) in [5.41, 5.74) is 3.68. The highest BCUT2D eigenvalue weighted by molar-refractivity contribution is 5.95. The zero-order chi connectivity index (χ0) is 14.0. The van der Waals surface area contributed by atoms with E-state index in [-0.39, 0.29) is 6.61 Å². The Kier molecular flexibility index (Phi) is 3.90. The van der Waals surface area contributed by atoms with Crippen molar-refractivity contribution in [1.29, 1.82) is 0 Å². The molecule has 1 aromatic heterocycles. The summed E-state index contributed by atoms with van der Waals surface area (Å²) in [5.74, 6) is -0.896. The molecule has 0 atom stereocenters. The Bertz CT molecular complexity index is 613. The molecule has 0 saturated heterocycles. The van der Waals surface area contributed by atoms with Crippen LogP contribution in [0.1, 0.15) is 34.5 Å². The predicted octanol–water partition coefficient (Wildman–Crippen LogP) is 2.73. The van der Waals surface area contributed by atoms with Crippen LogP contribution < -0.4 is 0 Å². The number of hydrogen-bond donors (Lipinski definition) is 2. The average molecular weight is 261 g/mol. The molecule has 2 N–H and O–H groups in total. The van der Waals surface area contributed by atoms with Gasteiger partial charge in [-0.25, -0.2) is 4.79 Å². The van der Waals surface area contributed by atoms with Gasteiger partial charge in [0.1, 0.15) is 0 Å². The number of aliphatic hydroxyl groups is 1. The van der Waals surface area contributed by atoms with Gasteiger partial charge in [0.15, 0.2) is 0 Å². The van der Waals surface area contributed by atoms with E-state index in [1.54, 1.807) is 12.1 Å². The summed E-state index contributed by atoms with van der Waals surface area (Å²) >= 11 is 0. The smallest absolute Gasteiger partial charge is 0.335 e. The van der Waals surface area contributed by atoms with Crippen molar-refractivity contribution in [2.45, 2.75) is 33.2 Å². The molecular weight excluding hydrogens is 242 g/mol. The lowest BCUT2D eigenvalue weighted by atomic mass is 10.1. The number of carboxylic acids is 1. The van der Waals surface area contributed by atoms with Gasteiger partial charge in [-0.2, -0.15) is 0 Å². The van der Waals surface area contributed by atoms with Crippen molar-refractivity contribution in [3.8, 4) is 0 Å². The Morgan fingerprint density at radius 2 is 2.00 bits per heavy atom. The maximum absolute atomic E-state index is 11.0. The molecule has 0 unspecified atom stereocenters. The van der Waals surface area contributed by atoms with Crippen LogP contribution in [0, 0.1) is 13.8 Å². The van der Waals surface area contributed by atoms with Crippen LogP contribution in [0.15, 0.2) is 18.2 Å². The van der Waals surface area contributed by atoms with Gasteiger partial charge in [0.25, 0.3) is 0 Å². The standard InChI is InChI=1S/C15H19NO3/c1-10-11(2)16(7-3-4-8-17)14-6-5-12(15(18)19)9-13(10)14/h5-6,9,17H,3-4,7-8H2,1-2H3,(H,18,19). The van der Waals surface area contributed by atoms with Gasteiger partial charge in [-0.1, -0.05) is 0 Å². The summed E-state index contributed by atoms with van der Waals surface area (Å²) in [6.07, 6.45) is 1.70. The van der Waals surface area contributed by atoms with E-state index in [0.29, 0.717) is 5.56 Å². The highest BCUT2D eigenvalue weighted by atomic mass is 16.4. The lowest BCUT2D eigenvalue weighted by Gasteiger charge is -2.07. The monoisotopic (exact) mass is 261 g/mol. The van der Waals surface area contributed by atoms with Crippen LogP contribution in [0.25, 0.3) is 10.9 Å². The third kappa shape index (κ3) is 2.49. The first-order valence-electron chi connectivity index (χ1n) is 6.50. The second-order valence-electron chi connectivity index (χ2n) is 4.83. The fourth-order valence-electron chi connectivity index (χ4n) is 2.45. The highest BCUT2D eigenvalue weighted by Crippen LogP contribution is 2.26. The van der Waals surface area contributed by atoms with Gasteiger partial charge in [0.05, 0.1) is 5.56 Å². The number of aromatic nitrogens is 1. The highest BCUT2D eigenvalue weighted by Gasteiger charge is 2.12. The molecule has 2 rings (SSSR count). The van der Waals surface area contributed by atoms with Crippen LogP contribution in [0.2, 0.25) is 0 Å². The molecule has 19 heavy (non-hydrogen) atoms. The molecule has 0 bridgehead atoms.